The summed E-state index contributed by atoms with van der Waals surface area (Å²) in [6, 6.07) is 6.24. The minimum Gasteiger partial charge on any atom is -0.405 e. The van der Waals surface area contributed by atoms with Crippen LogP contribution in [0.4, 0.5) is 38.2 Å². The number of fused-ring (bicyclic) bond motifs is 4. The fourth-order valence-electron chi connectivity index (χ4n) is 8.67. The predicted molar refractivity (Wildman–Crippen MR) is 245 cm³/mol. The van der Waals surface area contributed by atoms with E-state index in [0.717, 1.165) is 12.1 Å². The van der Waals surface area contributed by atoms with Crippen LogP contribution < -0.4 is 10.6 Å². The molecule has 4 heterocycles. The van der Waals surface area contributed by atoms with Crippen molar-refractivity contribution in [3.05, 3.63) is 96.4 Å². The Labute approximate surface area is 404 Å². The molecule has 68 heavy (non-hydrogen) atoms. The first-order valence-corrected chi connectivity index (χ1v) is 24.2. The highest BCUT2D eigenvalue weighted by atomic mass is 127. The normalized spacial score (nSPS) is 18.0. The minimum absolute atomic E-state index is 0.0108. The summed E-state index contributed by atoms with van der Waals surface area (Å²) in [7, 11) is -0.572. The number of hydrogen-bond acceptors (Lipinski definition) is 11. The highest BCUT2D eigenvalue weighted by molar-refractivity contribution is 14.1. The standard InChI is InChI=1S/C45H41ClF6IN9O5S/c1-43(2,68(64,65)23-7-8-23)12-11-30-29(53)18-25(24-9-10-28(46)34-37(24)61(5)60-40(34)56-42-58-57-41(67-42)44(3,4)66-6)35(55-30)31(15-20-13-21(47)16-22(48)14-20)54-32(63)19-62-38-33(36(59-62)39(49)50)26-17-27(26)45(38,51)52/h9-10,13-14,16,18,23,26-27,31,39H,7-8,15,17,19H2,1-6H3,(H,54,63)(H,56,58,60)/t26-,27+,31-/m0/s1. The maximum Gasteiger partial charge on any atom is 0.321 e. The van der Waals surface area contributed by atoms with Gasteiger partial charge in [-0.15, -0.1) is 5.10 Å². The van der Waals surface area contributed by atoms with Crippen molar-refractivity contribution >= 4 is 72.7 Å². The molecule has 3 aliphatic carbocycles. The number of carbonyl (C=O) groups excluding carboxylic acids is 1. The van der Waals surface area contributed by atoms with E-state index in [2.05, 4.69) is 42.9 Å². The van der Waals surface area contributed by atoms with Gasteiger partial charge in [-0.25, -0.2) is 31.0 Å². The molecule has 0 spiro atoms. The number of halogens is 8. The zero-order chi connectivity index (χ0) is 49.0. The molecule has 9 rings (SSSR count). The summed E-state index contributed by atoms with van der Waals surface area (Å²) < 4.78 is 129. The Kier molecular flexibility index (Phi) is 12.0. The lowest BCUT2D eigenvalue weighted by molar-refractivity contribution is -0.123. The van der Waals surface area contributed by atoms with Crippen molar-refractivity contribution in [3.63, 3.8) is 0 Å². The Morgan fingerprint density at radius 3 is 2.43 bits per heavy atom. The van der Waals surface area contributed by atoms with Gasteiger partial charge in [-0.05, 0) is 118 Å². The van der Waals surface area contributed by atoms with Gasteiger partial charge in [0.1, 0.15) is 45.6 Å². The van der Waals surface area contributed by atoms with Gasteiger partial charge in [0.2, 0.25) is 11.8 Å². The van der Waals surface area contributed by atoms with Gasteiger partial charge < -0.3 is 14.5 Å². The number of carbonyl (C=O) groups is 1. The summed E-state index contributed by atoms with van der Waals surface area (Å²) in [5.41, 5.74) is -1.51. The van der Waals surface area contributed by atoms with E-state index in [1.807, 2.05) is 22.6 Å². The number of methoxy groups -OCH3 is 1. The fraction of sp³-hybridized carbons (Fsp3) is 0.422. The number of benzene rings is 2. The second-order valence-electron chi connectivity index (χ2n) is 18.1. The molecule has 3 aliphatic rings. The van der Waals surface area contributed by atoms with Gasteiger partial charge in [-0.1, -0.05) is 28.7 Å². The number of pyridine rings is 1. The van der Waals surface area contributed by atoms with Crippen LogP contribution in [0.3, 0.4) is 0 Å². The first kappa shape index (κ1) is 47.8. The first-order valence-electron chi connectivity index (χ1n) is 21.2. The molecule has 23 heteroatoms. The molecule has 14 nitrogen and oxygen atoms in total. The molecule has 0 saturated heterocycles. The van der Waals surface area contributed by atoms with E-state index in [0.29, 0.717) is 49.2 Å². The average Bonchev–Trinajstić information content (AvgIpc) is 4.14. The zero-order valence-electron chi connectivity index (χ0n) is 37.0. The van der Waals surface area contributed by atoms with E-state index >= 15 is 8.78 Å². The lowest BCUT2D eigenvalue weighted by atomic mass is 9.93. The molecule has 1 amide bonds. The Bertz CT molecular complexity index is 3210. The predicted octanol–water partition coefficient (Wildman–Crippen LogP) is 9.33. The SMILES string of the molecule is COC(C)(C)c1nnc(Nc2nn(C)c3c(-c4cc(I)c(C#CC(C)(C)S(=O)(=O)C5CC5)nc4[C@H](Cc4cc(F)cc(F)c4)NC(=O)Cn4nc(C(F)F)c5c4C(F)(F)[C@@H]4C[C@H]54)ccc(Cl)c23)o1. The molecule has 2 fully saturated rings. The molecule has 6 aromatic rings. The Morgan fingerprint density at radius 2 is 1.76 bits per heavy atom. The monoisotopic (exact) mass is 1100 g/mol. The topological polar surface area (TPSA) is 172 Å². The van der Waals surface area contributed by atoms with Crippen LogP contribution in [0.2, 0.25) is 5.02 Å². The molecule has 0 bridgehead atoms. The third-order valence-corrected chi connectivity index (χ3v) is 16.6. The summed E-state index contributed by atoms with van der Waals surface area (Å²) in [5.74, 6) is -2.23. The Hall–Kier alpha value is -5.25. The molecule has 2 N–H and O–H groups in total. The molecular weight excluding hydrogens is 1050 g/mol. The zero-order valence-corrected chi connectivity index (χ0v) is 40.7. The average molecular weight is 1100 g/mol. The van der Waals surface area contributed by atoms with Crippen LogP contribution in [0.15, 0.2) is 40.8 Å². The van der Waals surface area contributed by atoms with Crippen LogP contribution in [0.25, 0.3) is 22.0 Å². The Morgan fingerprint density at radius 1 is 1.06 bits per heavy atom. The smallest absolute Gasteiger partial charge is 0.321 e. The van der Waals surface area contributed by atoms with Crippen LogP contribution in [0, 0.1) is 33.0 Å². The highest BCUT2D eigenvalue weighted by Gasteiger charge is 2.67. The van der Waals surface area contributed by atoms with Crippen LogP contribution in [-0.4, -0.2) is 66.2 Å². The summed E-state index contributed by atoms with van der Waals surface area (Å²) in [6.07, 6.45) is -2.52. The fourth-order valence-corrected chi connectivity index (χ4v) is 11.3. The van der Waals surface area contributed by atoms with Crippen molar-refractivity contribution in [2.75, 3.05) is 12.4 Å². The van der Waals surface area contributed by atoms with Crippen molar-refractivity contribution in [1.29, 1.82) is 0 Å². The molecular formula is C45H41ClF6IN9O5S. The number of sulfone groups is 1. The van der Waals surface area contributed by atoms with Crippen molar-refractivity contribution in [2.24, 2.45) is 13.0 Å². The molecule has 2 saturated carbocycles. The number of alkyl halides is 4. The summed E-state index contributed by atoms with van der Waals surface area (Å²) >= 11 is 8.87. The number of amides is 1. The number of anilines is 2. The summed E-state index contributed by atoms with van der Waals surface area (Å²) in [6.45, 7) is 5.51. The molecule has 358 valence electrons. The van der Waals surface area contributed by atoms with Gasteiger partial charge in [0.25, 0.3) is 12.3 Å². The molecule has 2 aromatic carbocycles. The van der Waals surface area contributed by atoms with E-state index in [9.17, 15) is 30.8 Å². The minimum atomic E-state index is -3.69. The molecule has 0 radical (unpaired) electrons. The van der Waals surface area contributed by atoms with E-state index in [1.54, 1.807) is 39.1 Å². The highest BCUT2D eigenvalue weighted by Crippen LogP contribution is 2.68. The number of rotatable bonds is 14. The number of nitrogens with one attached hydrogen (secondary N) is 2. The number of aryl methyl sites for hydroxylation is 1. The third-order valence-electron chi connectivity index (χ3n) is 12.6. The van der Waals surface area contributed by atoms with Crippen LogP contribution in [-0.2, 0) is 50.9 Å². The van der Waals surface area contributed by atoms with Gasteiger partial charge in [-0.2, -0.15) is 19.0 Å². The second kappa shape index (κ2) is 17.0. The van der Waals surface area contributed by atoms with Crippen molar-refractivity contribution < 1.29 is 48.7 Å². The van der Waals surface area contributed by atoms with Crippen LogP contribution in [0.5, 0.6) is 0 Å². The number of hydrogen-bond donors (Lipinski definition) is 2. The third kappa shape index (κ3) is 8.50. The largest absolute Gasteiger partial charge is 0.405 e. The first-order chi connectivity index (χ1) is 31.9. The van der Waals surface area contributed by atoms with Gasteiger partial charge in [-0.3, -0.25) is 19.5 Å². The summed E-state index contributed by atoms with van der Waals surface area (Å²) in [5, 5.41) is 22.5. The lowest BCUT2D eigenvalue weighted by Crippen LogP contribution is -2.35. The van der Waals surface area contributed by atoms with Gasteiger partial charge in [0.05, 0.1) is 32.9 Å². The number of nitrogens with zero attached hydrogens (tertiary/aromatic N) is 7. The van der Waals surface area contributed by atoms with E-state index < -0.39 is 91.1 Å². The quantitative estimate of drug-likeness (QED) is 0.0605. The number of aromatic nitrogens is 7. The van der Waals surface area contributed by atoms with Crippen molar-refractivity contribution in [1.82, 2.24) is 40.1 Å². The van der Waals surface area contributed by atoms with Crippen molar-refractivity contribution in [3.8, 4) is 23.0 Å². The summed E-state index contributed by atoms with van der Waals surface area (Å²) in [4.78, 5) is 19.2. The Balaban J connectivity index is 1.20. The lowest BCUT2D eigenvalue weighted by Gasteiger charge is -2.24. The number of ether oxygens (including phenoxy) is 1. The van der Waals surface area contributed by atoms with Crippen molar-refractivity contribution in [2.45, 2.75) is 99.8 Å². The van der Waals surface area contributed by atoms with Crippen LogP contribution in [0.1, 0.15) is 105 Å². The maximum atomic E-state index is 15.6. The van der Waals surface area contributed by atoms with E-state index in [-0.39, 0.29) is 58.1 Å². The molecule has 4 aromatic heterocycles. The van der Waals surface area contributed by atoms with E-state index in [4.69, 9.17) is 25.7 Å². The molecule has 0 aliphatic heterocycles. The van der Waals surface area contributed by atoms with Crippen LogP contribution >= 0.6 is 34.2 Å². The van der Waals surface area contributed by atoms with Gasteiger partial charge >= 0.3 is 6.01 Å². The molecule has 3 atom stereocenters. The van der Waals surface area contributed by atoms with E-state index in [1.165, 1.54) is 25.6 Å². The maximum absolute atomic E-state index is 15.6. The molecule has 0 unspecified atom stereocenters. The second-order valence-corrected chi connectivity index (χ2v) is 22.4. The van der Waals surface area contributed by atoms with Gasteiger partial charge in [0, 0.05) is 46.4 Å². The van der Waals surface area contributed by atoms with Gasteiger partial charge in [0.15, 0.2) is 15.7 Å².